The Morgan fingerprint density at radius 3 is 2.25 bits per heavy atom. The van der Waals surface area contributed by atoms with Gasteiger partial charge in [0.25, 0.3) is 0 Å². The SMILES string of the molecule is Nc1ccccc1N1CCC2(CCC2)CC1. The van der Waals surface area contributed by atoms with E-state index in [1.807, 2.05) is 12.1 Å². The third-order valence-corrected chi connectivity index (χ3v) is 4.52. The molecule has 1 saturated heterocycles. The van der Waals surface area contributed by atoms with Crippen molar-refractivity contribution in [2.75, 3.05) is 23.7 Å². The molecule has 1 aromatic rings. The first-order valence-corrected chi connectivity index (χ1v) is 6.39. The van der Waals surface area contributed by atoms with Crippen molar-refractivity contribution in [2.24, 2.45) is 5.41 Å². The summed E-state index contributed by atoms with van der Waals surface area (Å²) >= 11 is 0. The van der Waals surface area contributed by atoms with E-state index in [0.717, 1.165) is 11.1 Å². The van der Waals surface area contributed by atoms with Crippen molar-refractivity contribution in [3.05, 3.63) is 24.3 Å². The maximum Gasteiger partial charge on any atom is 0.0599 e. The fourth-order valence-electron chi connectivity index (χ4n) is 3.17. The highest BCUT2D eigenvalue weighted by molar-refractivity contribution is 5.67. The minimum Gasteiger partial charge on any atom is -0.397 e. The number of rotatable bonds is 1. The van der Waals surface area contributed by atoms with Gasteiger partial charge in [-0.2, -0.15) is 0 Å². The minimum atomic E-state index is 0.722. The number of piperidine rings is 1. The molecule has 0 radical (unpaired) electrons. The Labute approximate surface area is 97.4 Å². The van der Waals surface area contributed by atoms with Gasteiger partial charge < -0.3 is 10.6 Å². The molecule has 1 aromatic carbocycles. The molecule has 2 aliphatic rings. The van der Waals surface area contributed by atoms with E-state index in [9.17, 15) is 0 Å². The molecule has 0 atom stereocenters. The maximum absolute atomic E-state index is 6.02. The lowest BCUT2D eigenvalue weighted by atomic mass is 9.63. The van der Waals surface area contributed by atoms with E-state index in [1.165, 1.54) is 50.9 Å². The van der Waals surface area contributed by atoms with Gasteiger partial charge in [0.05, 0.1) is 11.4 Å². The van der Waals surface area contributed by atoms with Crippen molar-refractivity contribution in [2.45, 2.75) is 32.1 Å². The van der Waals surface area contributed by atoms with Crippen LogP contribution in [0.3, 0.4) is 0 Å². The molecule has 0 unspecified atom stereocenters. The lowest BCUT2D eigenvalue weighted by Gasteiger charge is -2.48. The van der Waals surface area contributed by atoms with Gasteiger partial charge in [0, 0.05) is 13.1 Å². The number of para-hydroxylation sites is 2. The summed E-state index contributed by atoms with van der Waals surface area (Å²) in [5.74, 6) is 0. The van der Waals surface area contributed by atoms with Gasteiger partial charge in [-0.05, 0) is 43.2 Å². The fourth-order valence-corrected chi connectivity index (χ4v) is 3.17. The van der Waals surface area contributed by atoms with Gasteiger partial charge in [-0.15, -0.1) is 0 Å². The molecule has 1 aliphatic carbocycles. The summed E-state index contributed by atoms with van der Waals surface area (Å²) in [6.45, 7) is 2.38. The zero-order chi connectivity index (χ0) is 11.0. The van der Waals surface area contributed by atoms with Crippen molar-refractivity contribution in [1.29, 1.82) is 0 Å². The third kappa shape index (κ3) is 1.57. The average molecular weight is 216 g/mol. The average Bonchev–Trinajstić information content (AvgIpc) is 2.28. The molecular weight excluding hydrogens is 196 g/mol. The van der Waals surface area contributed by atoms with Crippen molar-refractivity contribution < 1.29 is 0 Å². The third-order valence-electron chi connectivity index (χ3n) is 4.52. The first kappa shape index (κ1) is 10.0. The minimum absolute atomic E-state index is 0.722. The molecule has 1 spiro atoms. The molecule has 2 nitrogen and oxygen atoms in total. The van der Waals surface area contributed by atoms with E-state index in [-0.39, 0.29) is 0 Å². The van der Waals surface area contributed by atoms with Crippen molar-refractivity contribution in [3.8, 4) is 0 Å². The van der Waals surface area contributed by atoms with Gasteiger partial charge in [0.1, 0.15) is 0 Å². The highest BCUT2D eigenvalue weighted by Gasteiger charge is 2.39. The second-order valence-corrected chi connectivity index (χ2v) is 5.40. The lowest BCUT2D eigenvalue weighted by molar-refractivity contribution is 0.0955. The van der Waals surface area contributed by atoms with Crippen LogP contribution in [0.5, 0.6) is 0 Å². The Hall–Kier alpha value is -1.18. The standard InChI is InChI=1S/C14H20N2/c15-12-4-1-2-5-13(12)16-10-8-14(9-11-16)6-3-7-14/h1-2,4-5H,3,6-11,15H2. The van der Waals surface area contributed by atoms with Crippen LogP contribution >= 0.6 is 0 Å². The van der Waals surface area contributed by atoms with Crippen LogP contribution in [0.2, 0.25) is 0 Å². The summed E-state index contributed by atoms with van der Waals surface area (Å²) in [5, 5.41) is 0. The summed E-state index contributed by atoms with van der Waals surface area (Å²) < 4.78 is 0. The molecule has 16 heavy (non-hydrogen) atoms. The smallest absolute Gasteiger partial charge is 0.0599 e. The summed E-state index contributed by atoms with van der Waals surface area (Å²) in [4.78, 5) is 2.46. The highest BCUT2D eigenvalue weighted by Crippen LogP contribution is 2.49. The molecule has 0 aromatic heterocycles. The second kappa shape index (κ2) is 3.69. The van der Waals surface area contributed by atoms with E-state index >= 15 is 0 Å². The predicted molar refractivity (Wildman–Crippen MR) is 68.6 cm³/mol. The van der Waals surface area contributed by atoms with Gasteiger partial charge >= 0.3 is 0 Å². The van der Waals surface area contributed by atoms with E-state index in [0.29, 0.717) is 0 Å². The van der Waals surface area contributed by atoms with E-state index in [4.69, 9.17) is 5.73 Å². The Morgan fingerprint density at radius 1 is 1.00 bits per heavy atom. The molecule has 2 heteroatoms. The quantitative estimate of drug-likeness (QED) is 0.731. The summed E-state index contributed by atoms with van der Waals surface area (Å²) in [7, 11) is 0. The van der Waals surface area contributed by atoms with E-state index in [1.54, 1.807) is 0 Å². The molecule has 1 saturated carbocycles. The van der Waals surface area contributed by atoms with Gasteiger partial charge in [0.2, 0.25) is 0 Å². The number of nitrogens with two attached hydrogens (primary N) is 1. The number of nitrogens with zero attached hydrogens (tertiary/aromatic N) is 1. The predicted octanol–water partition coefficient (Wildman–Crippen LogP) is 3.04. The van der Waals surface area contributed by atoms with Gasteiger partial charge in [-0.25, -0.2) is 0 Å². The summed E-state index contributed by atoms with van der Waals surface area (Å²) in [6.07, 6.45) is 7.10. The molecular formula is C14H20N2. The van der Waals surface area contributed by atoms with Crippen LogP contribution in [0.4, 0.5) is 11.4 Å². The van der Waals surface area contributed by atoms with Crippen LogP contribution < -0.4 is 10.6 Å². The number of anilines is 2. The van der Waals surface area contributed by atoms with Gasteiger partial charge in [0.15, 0.2) is 0 Å². The van der Waals surface area contributed by atoms with E-state index < -0.39 is 0 Å². The van der Waals surface area contributed by atoms with Crippen molar-refractivity contribution in [3.63, 3.8) is 0 Å². The normalized spacial score (nSPS) is 23.1. The number of hydrogen-bond acceptors (Lipinski definition) is 2. The first-order chi connectivity index (χ1) is 7.79. The highest BCUT2D eigenvalue weighted by atomic mass is 15.1. The molecule has 1 aliphatic heterocycles. The zero-order valence-electron chi connectivity index (χ0n) is 9.78. The van der Waals surface area contributed by atoms with Crippen LogP contribution in [0.25, 0.3) is 0 Å². The topological polar surface area (TPSA) is 29.3 Å². The van der Waals surface area contributed by atoms with E-state index in [2.05, 4.69) is 17.0 Å². The van der Waals surface area contributed by atoms with Crippen LogP contribution in [0.15, 0.2) is 24.3 Å². The Morgan fingerprint density at radius 2 is 1.69 bits per heavy atom. The lowest BCUT2D eigenvalue weighted by Crippen LogP contribution is -2.43. The first-order valence-electron chi connectivity index (χ1n) is 6.39. The van der Waals surface area contributed by atoms with Crippen molar-refractivity contribution >= 4 is 11.4 Å². The Kier molecular flexibility index (Phi) is 2.31. The monoisotopic (exact) mass is 216 g/mol. The number of benzene rings is 1. The molecule has 2 fully saturated rings. The number of hydrogen-bond donors (Lipinski definition) is 1. The molecule has 86 valence electrons. The van der Waals surface area contributed by atoms with Gasteiger partial charge in [-0.3, -0.25) is 0 Å². The molecule has 0 amide bonds. The fraction of sp³-hybridized carbons (Fsp3) is 0.571. The van der Waals surface area contributed by atoms with Crippen LogP contribution in [0.1, 0.15) is 32.1 Å². The Balaban J connectivity index is 1.72. The van der Waals surface area contributed by atoms with Crippen LogP contribution in [-0.4, -0.2) is 13.1 Å². The van der Waals surface area contributed by atoms with Gasteiger partial charge in [-0.1, -0.05) is 18.6 Å². The summed E-state index contributed by atoms with van der Waals surface area (Å²) in [5.41, 5.74) is 8.90. The van der Waals surface area contributed by atoms with Crippen LogP contribution in [-0.2, 0) is 0 Å². The van der Waals surface area contributed by atoms with Crippen molar-refractivity contribution in [1.82, 2.24) is 0 Å². The van der Waals surface area contributed by atoms with Crippen LogP contribution in [0, 0.1) is 5.41 Å². The zero-order valence-corrected chi connectivity index (χ0v) is 9.78. The molecule has 2 N–H and O–H groups in total. The molecule has 0 bridgehead atoms. The largest absolute Gasteiger partial charge is 0.397 e. The maximum atomic E-state index is 6.02. The molecule has 1 heterocycles. The summed E-state index contributed by atoms with van der Waals surface area (Å²) in [6, 6.07) is 8.24. The Bertz CT molecular complexity index is 372. The second-order valence-electron chi connectivity index (χ2n) is 5.40. The number of nitrogen functional groups attached to an aromatic ring is 1. The molecule has 3 rings (SSSR count).